The minimum Gasteiger partial charge on any atom is -0.481 e. The Hall–Kier alpha value is -1.59. The summed E-state index contributed by atoms with van der Waals surface area (Å²) in [6, 6.07) is 0. The van der Waals surface area contributed by atoms with Crippen molar-refractivity contribution in [2.45, 2.75) is 33.6 Å². The number of amides is 1. The van der Waals surface area contributed by atoms with Gasteiger partial charge in [-0.25, -0.2) is 0 Å². The molecule has 0 aromatic heterocycles. The Labute approximate surface area is 107 Å². The molecule has 0 saturated carbocycles. The van der Waals surface area contributed by atoms with Crippen LogP contribution < -0.4 is 0 Å². The van der Waals surface area contributed by atoms with Crippen LogP contribution in [0.4, 0.5) is 0 Å². The average Bonchev–Trinajstić information content (AvgIpc) is 2.32. The normalized spacial score (nSPS) is 11.7. The third-order valence-electron chi connectivity index (χ3n) is 2.50. The average molecular weight is 259 g/mol. The van der Waals surface area contributed by atoms with E-state index in [1.807, 2.05) is 0 Å². The molecule has 1 unspecified atom stereocenters. The van der Waals surface area contributed by atoms with E-state index in [0.29, 0.717) is 13.2 Å². The Balaban J connectivity index is 4.19. The summed E-state index contributed by atoms with van der Waals surface area (Å²) >= 11 is 0. The third-order valence-corrected chi connectivity index (χ3v) is 2.50. The van der Waals surface area contributed by atoms with Gasteiger partial charge in [0.15, 0.2) is 0 Å². The molecule has 0 bridgehead atoms. The van der Waals surface area contributed by atoms with Gasteiger partial charge < -0.3 is 14.7 Å². The fraction of sp³-hybridized carbons (Fsp3) is 0.750. The molecule has 0 rings (SSSR count). The minimum atomic E-state index is -0.938. The molecule has 0 heterocycles. The highest BCUT2D eigenvalue weighted by atomic mass is 16.5. The number of hydrogen-bond acceptors (Lipinski definition) is 4. The number of carbonyl (C=O) groups excluding carboxylic acids is 2. The Morgan fingerprint density at radius 1 is 1.22 bits per heavy atom. The Kier molecular flexibility index (Phi) is 7.74. The quantitative estimate of drug-likeness (QED) is 0.655. The summed E-state index contributed by atoms with van der Waals surface area (Å²) in [5, 5.41) is 8.78. The number of carboxylic acids is 1. The van der Waals surface area contributed by atoms with Crippen molar-refractivity contribution >= 4 is 17.8 Å². The summed E-state index contributed by atoms with van der Waals surface area (Å²) in [6.07, 6.45) is 0.0869. The van der Waals surface area contributed by atoms with E-state index in [0.717, 1.165) is 0 Å². The molecule has 0 aliphatic rings. The Morgan fingerprint density at radius 2 is 1.83 bits per heavy atom. The fourth-order valence-electron chi connectivity index (χ4n) is 1.42. The lowest BCUT2D eigenvalue weighted by Crippen LogP contribution is -2.36. The Bertz CT molecular complexity index is 303. The molecule has 0 aromatic rings. The van der Waals surface area contributed by atoms with E-state index in [4.69, 9.17) is 9.84 Å². The molecule has 0 aliphatic carbocycles. The van der Waals surface area contributed by atoms with Gasteiger partial charge in [0.05, 0.1) is 18.9 Å². The SMILES string of the molecule is CCOC(=O)CCC(=O)N(CC)CC(C)C(=O)O. The molecule has 1 atom stereocenters. The van der Waals surface area contributed by atoms with E-state index < -0.39 is 17.9 Å². The van der Waals surface area contributed by atoms with Crippen LogP contribution in [0.5, 0.6) is 0 Å². The largest absolute Gasteiger partial charge is 0.481 e. The predicted molar refractivity (Wildman–Crippen MR) is 64.9 cm³/mol. The molecule has 0 saturated heterocycles. The van der Waals surface area contributed by atoms with E-state index in [1.54, 1.807) is 20.8 Å². The van der Waals surface area contributed by atoms with Crippen LogP contribution in [-0.2, 0) is 19.1 Å². The molecule has 0 spiro atoms. The smallest absolute Gasteiger partial charge is 0.308 e. The summed E-state index contributed by atoms with van der Waals surface area (Å²) in [6.45, 7) is 5.90. The van der Waals surface area contributed by atoms with Crippen LogP contribution in [0, 0.1) is 5.92 Å². The van der Waals surface area contributed by atoms with Crippen LogP contribution in [0.3, 0.4) is 0 Å². The topological polar surface area (TPSA) is 83.9 Å². The molecule has 0 aromatic carbocycles. The minimum absolute atomic E-state index is 0.0324. The van der Waals surface area contributed by atoms with Crippen molar-refractivity contribution in [3.63, 3.8) is 0 Å². The van der Waals surface area contributed by atoms with E-state index in [9.17, 15) is 14.4 Å². The van der Waals surface area contributed by atoms with Crippen LogP contribution >= 0.6 is 0 Å². The number of nitrogens with zero attached hydrogens (tertiary/aromatic N) is 1. The van der Waals surface area contributed by atoms with Crippen LogP contribution in [0.25, 0.3) is 0 Å². The summed E-state index contributed by atoms with van der Waals surface area (Å²) in [7, 11) is 0. The van der Waals surface area contributed by atoms with Crippen LogP contribution in [-0.4, -0.2) is 47.5 Å². The Morgan fingerprint density at radius 3 is 2.28 bits per heavy atom. The van der Waals surface area contributed by atoms with Gasteiger partial charge in [0, 0.05) is 19.5 Å². The summed E-state index contributed by atoms with van der Waals surface area (Å²) in [5.41, 5.74) is 0. The number of carboxylic acid groups (broad SMARTS) is 1. The van der Waals surface area contributed by atoms with Crippen molar-refractivity contribution in [2.24, 2.45) is 5.92 Å². The van der Waals surface area contributed by atoms with Gasteiger partial charge in [-0.3, -0.25) is 14.4 Å². The van der Waals surface area contributed by atoms with Crippen molar-refractivity contribution in [3.8, 4) is 0 Å². The zero-order chi connectivity index (χ0) is 14.1. The van der Waals surface area contributed by atoms with E-state index in [2.05, 4.69) is 0 Å². The van der Waals surface area contributed by atoms with Gasteiger partial charge in [0.25, 0.3) is 0 Å². The maximum atomic E-state index is 11.8. The lowest BCUT2D eigenvalue weighted by molar-refractivity contribution is -0.147. The zero-order valence-corrected chi connectivity index (χ0v) is 11.1. The number of esters is 1. The molecule has 18 heavy (non-hydrogen) atoms. The van der Waals surface area contributed by atoms with E-state index in [-0.39, 0.29) is 25.3 Å². The number of rotatable bonds is 8. The van der Waals surface area contributed by atoms with E-state index >= 15 is 0 Å². The maximum absolute atomic E-state index is 11.8. The lowest BCUT2D eigenvalue weighted by atomic mass is 10.1. The van der Waals surface area contributed by atoms with Gasteiger partial charge in [0.1, 0.15) is 0 Å². The van der Waals surface area contributed by atoms with Gasteiger partial charge in [-0.05, 0) is 13.8 Å². The molecule has 104 valence electrons. The highest BCUT2D eigenvalue weighted by Gasteiger charge is 2.19. The van der Waals surface area contributed by atoms with E-state index in [1.165, 1.54) is 4.90 Å². The number of hydrogen-bond donors (Lipinski definition) is 1. The van der Waals surface area contributed by atoms with Crippen molar-refractivity contribution < 1.29 is 24.2 Å². The zero-order valence-electron chi connectivity index (χ0n) is 11.1. The molecular weight excluding hydrogens is 238 g/mol. The first-order valence-electron chi connectivity index (χ1n) is 6.08. The molecule has 0 fully saturated rings. The molecular formula is C12H21NO5. The van der Waals surface area contributed by atoms with Crippen molar-refractivity contribution in [2.75, 3.05) is 19.7 Å². The maximum Gasteiger partial charge on any atom is 0.308 e. The molecule has 1 amide bonds. The first kappa shape index (κ1) is 16.4. The number of aliphatic carboxylic acids is 1. The van der Waals surface area contributed by atoms with Gasteiger partial charge in [-0.15, -0.1) is 0 Å². The summed E-state index contributed by atoms with van der Waals surface area (Å²) in [5.74, 6) is -2.19. The second kappa shape index (κ2) is 8.49. The van der Waals surface area contributed by atoms with Crippen LogP contribution in [0.1, 0.15) is 33.6 Å². The van der Waals surface area contributed by atoms with Crippen molar-refractivity contribution in [3.05, 3.63) is 0 Å². The van der Waals surface area contributed by atoms with Gasteiger partial charge in [-0.1, -0.05) is 6.92 Å². The number of carbonyl (C=O) groups is 3. The van der Waals surface area contributed by atoms with Gasteiger partial charge in [0.2, 0.25) is 5.91 Å². The standard InChI is InChI=1S/C12H21NO5/c1-4-13(8-9(3)12(16)17)10(14)6-7-11(15)18-5-2/h9H,4-8H2,1-3H3,(H,16,17). The van der Waals surface area contributed by atoms with Gasteiger partial charge >= 0.3 is 11.9 Å². The molecule has 1 N–H and O–H groups in total. The summed E-state index contributed by atoms with van der Waals surface area (Å²) < 4.78 is 4.72. The molecule has 6 nitrogen and oxygen atoms in total. The molecule has 0 radical (unpaired) electrons. The monoisotopic (exact) mass is 259 g/mol. The van der Waals surface area contributed by atoms with Crippen LogP contribution in [0.15, 0.2) is 0 Å². The van der Waals surface area contributed by atoms with Gasteiger partial charge in [-0.2, -0.15) is 0 Å². The number of ether oxygens (including phenoxy) is 1. The second-order valence-corrected chi connectivity index (χ2v) is 3.98. The molecule has 6 heteroatoms. The lowest BCUT2D eigenvalue weighted by Gasteiger charge is -2.22. The first-order valence-corrected chi connectivity index (χ1v) is 6.08. The van der Waals surface area contributed by atoms with Crippen LogP contribution in [0.2, 0.25) is 0 Å². The fourth-order valence-corrected chi connectivity index (χ4v) is 1.42. The van der Waals surface area contributed by atoms with Crippen molar-refractivity contribution in [1.82, 2.24) is 4.90 Å². The highest BCUT2D eigenvalue weighted by molar-refractivity contribution is 5.81. The first-order chi connectivity index (χ1) is 8.42. The van der Waals surface area contributed by atoms with Crippen molar-refractivity contribution in [1.29, 1.82) is 0 Å². The second-order valence-electron chi connectivity index (χ2n) is 3.98. The predicted octanol–water partition coefficient (Wildman–Crippen LogP) is 0.899. The third kappa shape index (κ3) is 6.22. The summed E-state index contributed by atoms with van der Waals surface area (Å²) in [4.78, 5) is 35.0. The highest BCUT2D eigenvalue weighted by Crippen LogP contribution is 2.05. The molecule has 0 aliphatic heterocycles.